The summed E-state index contributed by atoms with van der Waals surface area (Å²) in [7, 11) is 0. The normalized spacial score (nSPS) is 10.7. The Balaban J connectivity index is 1.85. The number of hydrogen-bond donors (Lipinski definition) is 2. The van der Waals surface area contributed by atoms with Crippen molar-refractivity contribution in [3.8, 4) is 5.75 Å². The number of phenolic OH excluding ortho intramolecular Hbond substituents is 1. The molecule has 0 bridgehead atoms. The summed E-state index contributed by atoms with van der Waals surface area (Å²) < 4.78 is 1.19. The van der Waals surface area contributed by atoms with Crippen molar-refractivity contribution in [3.05, 3.63) is 59.0 Å². The van der Waals surface area contributed by atoms with Crippen LogP contribution in [-0.2, 0) is 0 Å². The summed E-state index contributed by atoms with van der Waals surface area (Å²) in [4.78, 5) is 12.1. The Morgan fingerprint density at radius 1 is 1.15 bits per heavy atom. The summed E-state index contributed by atoms with van der Waals surface area (Å²) in [5, 5.41) is 15.6. The van der Waals surface area contributed by atoms with Crippen LogP contribution in [0.5, 0.6) is 5.75 Å². The third-order valence-corrected chi connectivity index (χ3v) is 4.08. The molecule has 2 aromatic carbocycles. The van der Waals surface area contributed by atoms with Gasteiger partial charge < -0.3 is 10.4 Å². The number of anilines is 1. The molecule has 3 aromatic rings. The lowest BCUT2D eigenvalue weighted by atomic mass is 10.1. The van der Waals surface area contributed by atoms with Crippen molar-refractivity contribution in [2.45, 2.75) is 6.92 Å². The molecule has 100 valence electrons. The van der Waals surface area contributed by atoms with Gasteiger partial charge in [-0.1, -0.05) is 6.07 Å². The van der Waals surface area contributed by atoms with Gasteiger partial charge in [0.1, 0.15) is 5.75 Å². The van der Waals surface area contributed by atoms with Crippen molar-refractivity contribution in [2.75, 3.05) is 5.32 Å². The molecule has 0 atom stereocenters. The highest BCUT2D eigenvalue weighted by atomic mass is 32.1. The summed E-state index contributed by atoms with van der Waals surface area (Å²) in [6.07, 6.45) is 0. The van der Waals surface area contributed by atoms with Crippen LogP contribution >= 0.6 is 11.3 Å². The minimum absolute atomic E-state index is 0.130. The van der Waals surface area contributed by atoms with Gasteiger partial charge in [-0.2, -0.15) is 0 Å². The number of carbonyl (C=O) groups is 1. The maximum Gasteiger partial charge on any atom is 0.255 e. The summed E-state index contributed by atoms with van der Waals surface area (Å²) in [6.45, 7) is 1.79. The number of rotatable bonds is 2. The fourth-order valence-corrected chi connectivity index (χ4v) is 2.77. The first-order valence-corrected chi connectivity index (χ1v) is 7.10. The third kappa shape index (κ3) is 2.38. The van der Waals surface area contributed by atoms with Crippen molar-refractivity contribution in [1.29, 1.82) is 0 Å². The first-order chi connectivity index (χ1) is 9.63. The van der Waals surface area contributed by atoms with Gasteiger partial charge in [-0.15, -0.1) is 11.3 Å². The highest BCUT2D eigenvalue weighted by Crippen LogP contribution is 2.24. The molecule has 3 nitrogen and oxygen atoms in total. The van der Waals surface area contributed by atoms with E-state index in [2.05, 4.69) is 5.32 Å². The maximum atomic E-state index is 12.1. The first-order valence-electron chi connectivity index (χ1n) is 6.22. The van der Waals surface area contributed by atoms with E-state index in [0.717, 1.165) is 16.6 Å². The van der Waals surface area contributed by atoms with E-state index in [0.29, 0.717) is 5.56 Å². The van der Waals surface area contributed by atoms with Gasteiger partial charge in [0.15, 0.2) is 0 Å². The number of thiophene rings is 1. The highest BCUT2D eigenvalue weighted by molar-refractivity contribution is 7.17. The minimum atomic E-state index is -0.227. The maximum absolute atomic E-state index is 12.1. The molecule has 1 aromatic heterocycles. The second kappa shape index (κ2) is 4.98. The van der Waals surface area contributed by atoms with Crippen LogP contribution in [-0.4, -0.2) is 11.0 Å². The second-order valence-corrected chi connectivity index (χ2v) is 5.58. The molecule has 1 heterocycles. The monoisotopic (exact) mass is 283 g/mol. The second-order valence-electron chi connectivity index (χ2n) is 4.63. The Bertz CT molecular complexity index is 792. The van der Waals surface area contributed by atoms with Gasteiger partial charge in [-0.25, -0.2) is 0 Å². The summed E-state index contributed by atoms with van der Waals surface area (Å²) in [5.41, 5.74) is 1.95. The number of benzene rings is 2. The predicted molar refractivity (Wildman–Crippen MR) is 82.6 cm³/mol. The third-order valence-electron chi connectivity index (χ3n) is 3.18. The fourth-order valence-electron chi connectivity index (χ4n) is 2.00. The van der Waals surface area contributed by atoms with Crippen LogP contribution < -0.4 is 5.32 Å². The van der Waals surface area contributed by atoms with E-state index in [1.807, 2.05) is 29.6 Å². The zero-order valence-electron chi connectivity index (χ0n) is 10.9. The Hall–Kier alpha value is -2.33. The zero-order chi connectivity index (χ0) is 14.1. The molecule has 1 amide bonds. The van der Waals surface area contributed by atoms with E-state index in [9.17, 15) is 9.90 Å². The number of nitrogens with one attached hydrogen (secondary N) is 1. The lowest BCUT2D eigenvalue weighted by Crippen LogP contribution is -2.11. The predicted octanol–water partition coefficient (Wildman–Crippen LogP) is 4.17. The lowest BCUT2D eigenvalue weighted by molar-refractivity contribution is 0.102. The molecule has 0 saturated heterocycles. The van der Waals surface area contributed by atoms with Crippen molar-refractivity contribution in [3.63, 3.8) is 0 Å². The molecular formula is C16H13NO2S. The standard InChI is InChI=1S/C16H13NO2S/c1-10-2-3-12(9-14(10)18)16(19)17-13-4-5-15-11(8-13)6-7-20-15/h2-9,18H,1H3,(H,17,19). The zero-order valence-corrected chi connectivity index (χ0v) is 11.7. The average Bonchev–Trinajstić information content (AvgIpc) is 2.89. The molecule has 0 radical (unpaired) electrons. The number of hydrogen-bond acceptors (Lipinski definition) is 3. The average molecular weight is 283 g/mol. The molecule has 0 saturated carbocycles. The topological polar surface area (TPSA) is 49.3 Å². The van der Waals surface area contributed by atoms with Gasteiger partial charge in [0.05, 0.1) is 0 Å². The number of amides is 1. The van der Waals surface area contributed by atoms with Crippen molar-refractivity contribution < 1.29 is 9.90 Å². The van der Waals surface area contributed by atoms with E-state index in [1.54, 1.807) is 30.4 Å². The Morgan fingerprint density at radius 2 is 2.00 bits per heavy atom. The molecule has 0 fully saturated rings. The Labute approximate surface area is 120 Å². The van der Waals surface area contributed by atoms with Gasteiger partial charge in [-0.3, -0.25) is 4.79 Å². The first kappa shape index (κ1) is 12.7. The van der Waals surface area contributed by atoms with Crippen LogP contribution in [0.4, 0.5) is 5.69 Å². The van der Waals surface area contributed by atoms with Crippen molar-refractivity contribution in [2.24, 2.45) is 0 Å². The van der Waals surface area contributed by atoms with Crippen molar-refractivity contribution in [1.82, 2.24) is 0 Å². The Morgan fingerprint density at radius 3 is 2.80 bits per heavy atom. The Kier molecular flexibility index (Phi) is 3.16. The van der Waals surface area contributed by atoms with Crippen LogP contribution in [0.25, 0.3) is 10.1 Å². The molecule has 4 heteroatoms. The highest BCUT2D eigenvalue weighted by Gasteiger charge is 2.08. The molecule has 0 aliphatic rings. The number of phenols is 1. The number of fused-ring (bicyclic) bond motifs is 1. The van der Waals surface area contributed by atoms with Crippen LogP contribution in [0.2, 0.25) is 0 Å². The SMILES string of the molecule is Cc1ccc(C(=O)Nc2ccc3sccc3c2)cc1O. The van der Waals surface area contributed by atoms with E-state index in [4.69, 9.17) is 0 Å². The van der Waals surface area contributed by atoms with Crippen LogP contribution in [0.3, 0.4) is 0 Å². The largest absolute Gasteiger partial charge is 0.508 e. The summed E-state index contributed by atoms with van der Waals surface area (Å²) in [6, 6.07) is 12.7. The van der Waals surface area contributed by atoms with Crippen molar-refractivity contribution >= 4 is 33.0 Å². The van der Waals surface area contributed by atoms with Gasteiger partial charge >= 0.3 is 0 Å². The van der Waals surface area contributed by atoms with Gasteiger partial charge in [0.25, 0.3) is 5.91 Å². The van der Waals surface area contributed by atoms with E-state index >= 15 is 0 Å². The molecule has 0 aliphatic carbocycles. The number of aryl methyl sites for hydroxylation is 1. The summed E-state index contributed by atoms with van der Waals surface area (Å²) in [5.74, 6) is -0.0965. The molecule has 20 heavy (non-hydrogen) atoms. The number of aromatic hydroxyl groups is 1. The minimum Gasteiger partial charge on any atom is -0.508 e. The van der Waals surface area contributed by atoms with E-state index < -0.39 is 0 Å². The number of carbonyl (C=O) groups excluding carboxylic acids is 1. The fraction of sp³-hybridized carbons (Fsp3) is 0.0625. The van der Waals surface area contributed by atoms with Gasteiger partial charge in [0.2, 0.25) is 0 Å². The molecule has 0 unspecified atom stereocenters. The molecule has 3 rings (SSSR count). The molecular weight excluding hydrogens is 270 g/mol. The molecule has 2 N–H and O–H groups in total. The summed E-state index contributed by atoms with van der Waals surface area (Å²) >= 11 is 1.67. The van der Waals surface area contributed by atoms with Gasteiger partial charge in [-0.05, 0) is 59.7 Å². The van der Waals surface area contributed by atoms with E-state index in [-0.39, 0.29) is 11.7 Å². The smallest absolute Gasteiger partial charge is 0.255 e. The van der Waals surface area contributed by atoms with Gasteiger partial charge in [0, 0.05) is 16.0 Å². The lowest BCUT2D eigenvalue weighted by Gasteiger charge is -2.07. The van der Waals surface area contributed by atoms with E-state index in [1.165, 1.54) is 10.8 Å². The molecule has 0 aliphatic heterocycles. The quantitative estimate of drug-likeness (QED) is 0.741. The van der Waals surface area contributed by atoms with Crippen LogP contribution in [0.15, 0.2) is 47.8 Å². The van der Waals surface area contributed by atoms with Crippen LogP contribution in [0.1, 0.15) is 15.9 Å². The van der Waals surface area contributed by atoms with Crippen LogP contribution in [0, 0.1) is 6.92 Å². The molecule has 0 spiro atoms.